The predicted octanol–water partition coefficient (Wildman–Crippen LogP) is 3.13. The Kier molecular flexibility index (Phi) is 4.79. The van der Waals surface area contributed by atoms with Crippen molar-refractivity contribution in [2.24, 2.45) is 5.92 Å². The minimum absolute atomic E-state index is 0.499. The summed E-state index contributed by atoms with van der Waals surface area (Å²) < 4.78 is 0. The van der Waals surface area contributed by atoms with Crippen molar-refractivity contribution >= 4 is 17.4 Å². The van der Waals surface area contributed by atoms with E-state index in [1.165, 1.54) is 45.3 Å². The van der Waals surface area contributed by atoms with Gasteiger partial charge in [0.1, 0.15) is 5.82 Å². The van der Waals surface area contributed by atoms with Crippen LogP contribution in [0.2, 0.25) is 0 Å². The van der Waals surface area contributed by atoms with E-state index in [-0.39, 0.29) is 0 Å². The molecule has 0 atom stereocenters. The molecule has 0 unspecified atom stereocenters. The number of rotatable bonds is 4. The van der Waals surface area contributed by atoms with Crippen LogP contribution >= 0.6 is 11.6 Å². The zero-order valence-electron chi connectivity index (χ0n) is 12.1. The van der Waals surface area contributed by atoms with E-state index in [9.17, 15) is 0 Å². The summed E-state index contributed by atoms with van der Waals surface area (Å²) in [5, 5.41) is 0. The Bertz CT molecular complexity index is 423. The average molecular weight is 294 g/mol. The number of anilines is 1. The van der Waals surface area contributed by atoms with Gasteiger partial charge in [-0.25, -0.2) is 4.98 Å². The standard InChI is InChI=1S/C16H24ClN3/c17-12-15-4-3-5-16(18-15)20-10-6-14(7-11-20)13-19-8-1-2-9-19/h3-5,14H,1-2,6-13H2. The van der Waals surface area contributed by atoms with Crippen LogP contribution in [0.3, 0.4) is 0 Å². The number of pyridine rings is 1. The molecule has 0 amide bonds. The lowest BCUT2D eigenvalue weighted by molar-refractivity contribution is 0.249. The SMILES string of the molecule is ClCc1cccc(N2CCC(CN3CCCC3)CC2)n1. The fourth-order valence-corrected chi connectivity index (χ4v) is 3.54. The highest BCUT2D eigenvalue weighted by Crippen LogP contribution is 2.24. The molecule has 2 aliphatic heterocycles. The summed E-state index contributed by atoms with van der Waals surface area (Å²) in [6, 6.07) is 6.17. The molecule has 20 heavy (non-hydrogen) atoms. The van der Waals surface area contributed by atoms with Gasteiger partial charge < -0.3 is 9.80 Å². The number of halogens is 1. The molecular formula is C16H24ClN3. The van der Waals surface area contributed by atoms with Crippen molar-refractivity contribution in [1.29, 1.82) is 0 Å². The van der Waals surface area contributed by atoms with Gasteiger partial charge in [-0.1, -0.05) is 6.07 Å². The van der Waals surface area contributed by atoms with Crippen molar-refractivity contribution in [1.82, 2.24) is 9.88 Å². The van der Waals surface area contributed by atoms with E-state index in [1.807, 2.05) is 6.07 Å². The smallest absolute Gasteiger partial charge is 0.128 e. The summed E-state index contributed by atoms with van der Waals surface area (Å²) in [5.41, 5.74) is 0.975. The highest BCUT2D eigenvalue weighted by atomic mass is 35.5. The Morgan fingerprint density at radius 1 is 1.10 bits per heavy atom. The molecule has 1 aromatic rings. The number of hydrogen-bond acceptors (Lipinski definition) is 3. The molecule has 0 bridgehead atoms. The molecule has 3 heterocycles. The maximum absolute atomic E-state index is 5.87. The zero-order valence-corrected chi connectivity index (χ0v) is 12.9. The zero-order chi connectivity index (χ0) is 13.8. The van der Waals surface area contributed by atoms with Gasteiger partial charge in [-0.3, -0.25) is 0 Å². The topological polar surface area (TPSA) is 19.4 Å². The fourth-order valence-electron chi connectivity index (χ4n) is 3.39. The van der Waals surface area contributed by atoms with Crippen molar-refractivity contribution in [3.05, 3.63) is 23.9 Å². The van der Waals surface area contributed by atoms with E-state index in [1.54, 1.807) is 0 Å². The summed E-state index contributed by atoms with van der Waals surface area (Å²) in [7, 11) is 0. The Balaban J connectivity index is 1.52. The summed E-state index contributed by atoms with van der Waals surface area (Å²) in [6.45, 7) is 6.22. The van der Waals surface area contributed by atoms with Crippen LogP contribution in [0.5, 0.6) is 0 Å². The van der Waals surface area contributed by atoms with E-state index < -0.39 is 0 Å². The van der Waals surface area contributed by atoms with Crippen molar-refractivity contribution < 1.29 is 0 Å². The first-order valence-electron chi connectivity index (χ1n) is 7.84. The Morgan fingerprint density at radius 3 is 2.55 bits per heavy atom. The monoisotopic (exact) mass is 293 g/mol. The quantitative estimate of drug-likeness (QED) is 0.795. The van der Waals surface area contributed by atoms with Gasteiger partial charge in [0, 0.05) is 19.6 Å². The molecule has 3 rings (SSSR count). The molecule has 0 aliphatic carbocycles. The molecule has 1 aromatic heterocycles. The van der Waals surface area contributed by atoms with Crippen LogP contribution in [0.15, 0.2) is 18.2 Å². The molecule has 110 valence electrons. The number of alkyl halides is 1. The van der Waals surface area contributed by atoms with Gasteiger partial charge in [0.15, 0.2) is 0 Å². The number of aromatic nitrogens is 1. The molecule has 2 aliphatic rings. The normalized spacial score (nSPS) is 21.6. The minimum Gasteiger partial charge on any atom is -0.357 e. The maximum Gasteiger partial charge on any atom is 0.128 e. The molecule has 4 heteroatoms. The summed E-state index contributed by atoms with van der Waals surface area (Å²) in [4.78, 5) is 9.69. The van der Waals surface area contributed by atoms with Crippen LogP contribution in [0.1, 0.15) is 31.4 Å². The van der Waals surface area contributed by atoms with Crippen LogP contribution in [-0.2, 0) is 5.88 Å². The lowest BCUT2D eigenvalue weighted by Crippen LogP contribution is -2.38. The Labute approximate surface area is 126 Å². The number of piperidine rings is 1. The molecule has 0 saturated carbocycles. The Morgan fingerprint density at radius 2 is 1.85 bits per heavy atom. The van der Waals surface area contributed by atoms with Crippen molar-refractivity contribution in [3.8, 4) is 0 Å². The van der Waals surface area contributed by atoms with E-state index in [2.05, 4.69) is 26.9 Å². The molecule has 0 N–H and O–H groups in total. The first-order valence-corrected chi connectivity index (χ1v) is 8.38. The number of nitrogens with zero attached hydrogens (tertiary/aromatic N) is 3. The van der Waals surface area contributed by atoms with Gasteiger partial charge in [-0.2, -0.15) is 0 Å². The summed E-state index contributed by atoms with van der Waals surface area (Å²) >= 11 is 5.87. The first-order chi connectivity index (χ1) is 9.85. The molecule has 3 nitrogen and oxygen atoms in total. The second-order valence-corrected chi connectivity index (χ2v) is 6.33. The van der Waals surface area contributed by atoms with Gasteiger partial charge in [-0.05, 0) is 56.8 Å². The average Bonchev–Trinajstić information content (AvgIpc) is 3.01. The fraction of sp³-hybridized carbons (Fsp3) is 0.688. The molecule has 2 saturated heterocycles. The summed E-state index contributed by atoms with van der Waals surface area (Å²) in [5.74, 6) is 2.47. The van der Waals surface area contributed by atoms with E-state index in [4.69, 9.17) is 11.6 Å². The molecule has 0 aromatic carbocycles. The van der Waals surface area contributed by atoms with E-state index in [0.29, 0.717) is 5.88 Å². The van der Waals surface area contributed by atoms with Crippen LogP contribution in [0.4, 0.5) is 5.82 Å². The highest BCUT2D eigenvalue weighted by molar-refractivity contribution is 6.16. The van der Waals surface area contributed by atoms with Crippen LogP contribution < -0.4 is 4.90 Å². The minimum atomic E-state index is 0.499. The largest absolute Gasteiger partial charge is 0.357 e. The summed E-state index contributed by atoms with van der Waals surface area (Å²) in [6.07, 6.45) is 5.38. The number of likely N-dealkylation sites (tertiary alicyclic amines) is 1. The first kappa shape index (κ1) is 14.2. The third-order valence-corrected chi connectivity index (χ3v) is 4.86. The Hall–Kier alpha value is -0.800. The second-order valence-electron chi connectivity index (χ2n) is 6.06. The van der Waals surface area contributed by atoms with Gasteiger partial charge in [0.05, 0.1) is 11.6 Å². The van der Waals surface area contributed by atoms with Gasteiger partial charge in [0.25, 0.3) is 0 Å². The third kappa shape index (κ3) is 3.44. The molecule has 0 spiro atoms. The van der Waals surface area contributed by atoms with Crippen LogP contribution in [0, 0.1) is 5.92 Å². The number of hydrogen-bond donors (Lipinski definition) is 0. The maximum atomic E-state index is 5.87. The molecular weight excluding hydrogens is 270 g/mol. The van der Waals surface area contributed by atoms with Gasteiger partial charge in [-0.15, -0.1) is 11.6 Å². The third-order valence-electron chi connectivity index (χ3n) is 4.58. The second kappa shape index (κ2) is 6.77. The van der Waals surface area contributed by atoms with Crippen molar-refractivity contribution in [3.63, 3.8) is 0 Å². The highest BCUT2D eigenvalue weighted by Gasteiger charge is 2.23. The lowest BCUT2D eigenvalue weighted by Gasteiger charge is -2.34. The predicted molar refractivity (Wildman–Crippen MR) is 84.4 cm³/mol. The van der Waals surface area contributed by atoms with Gasteiger partial charge >= 0.3 is 0 Å². The lowest BCUT2D eigenvalue weighted by atomic mass is 9.96. The molecule has 2 fully saturated rings. The van der Waals surface area contributed by atoms with Crippen LogP contribution in [0.25, 0.3) is 0 Å². The van der Waals surface area contributed by atoms with E-state index in [0.717, 1.165) is 30.5 Å². The van der Waals surface area contributed by atoms with Crippen LogP contribution in [-0.4, -0.2) is 42.6 Å². The van der Waals surface area contributed by atoms with E-state index >= 15 is 0 Å². The molecule has 0 radical (unpaired) electrons. The van der Waals surface area contributed by atoms with Crippen molar-refractivity contribution in [2.75, 3.05) is 37.6 Å². The van der Waals surface area contributed by atoms with Crippen molar-refractivity contribution in [2.45, 2.75) is 31.6 Å². The van der Waals surface area contributed by atoms with Gasteiger partial charge in [0.2, 0.25) is 0 Å².